The van der Waals surface area contributed by atoms with E-state index in [4.69, 9.17) is 16.3 Å². The van der Waals surface area contributed by atoms with Crippen LogP contribution in [0.1, 0.15) is 31.1 Å². The highest BCUT2D eigenvalue weighted by Gasteiger charge is 2.40. The smallest absolute Gasteiger partial charge is 0.245 e. The lowest BCUT2D eigenvalue weighted by molar-refractivity contribution is -0.146. The van der Waals surface area contributed by atoms with Crippen LogP contribution < -0.4 is 4.72 Å². The van der Waals surface area contributed by atoms with Crippen LogP contribution in [0.3, 0.4) is 0 Å². The Labute approximate surface area is 180 Å². The molecule has 11 heteroatoms. The third-order valence-electron chi connectivity index (χ3n) is 5.26. The molecule has 0 bridgehead atoms. The predicted octanol–water partition coefficient (Wildman–Crippen LogP) is 1.27. The van der Waals surface area contributed by atoms with E-state index in [2.05, 4.69) is 4.72 Å². The number of hydrogen-bond acceptors (Lipinski definition) is 6. The first-order chi connectivity index (χ1) is 13.7. The number of rotatable bonds is 7. The number of carbonyl (C=O) groups is 2. The topological polar surface area (TPSA) is 96.0 Å². The Morgan fingerprint density at radius 1 is 1.31 bits per heavy atom. The second-order valence-corrected chi connectivity index (χ2v) is 11.0. The maximum absolute atomic E-state index is 12.8. The number of sulfonamides is 1. The Balaban J connectivity index is 1.58. The number of likely N-dealkylation sites (tertiary alicyclic amines) is 1. The van der Waals surface area contributed by atoms with Crippen LogP contribution in [-0.2, 0) is 24.3 Å². The molecule has 3 heterocycles. The molecular weight excluding hydrogens is 438 g/mol. The van der Waals surface area contributed by atoms with Gasteiger partial charge in [0.05, 0.1) is 23.3 Å². The van der Waals surface area contributed by atoms with Crippen molar-refractivity contribution in [1.82, 2.24) is 14.5 Å². The number of halogens is 1. The van der Waals surface area contributed by atoms with Crippen LogP contribution in [0.2, 0.25) is 4.34 Å². The van der Waals surface area contributed by atoms with Gasteiger partial charge in [0.2, 0.25) is 21.8 Å². The fraction of sp³-hybridized carbons (Fsp3) is 0.667. The lowest BCUT2D eigenvalue weighted by Crippen LogP contribution is -2.52. The third kappa shape index (κ3) is 5.49. The summed E-state index contributed by atoms with van der Waals surface area (Å²) in [7, 11) is -3.67. The summed E-state index contributed by atoms with van der Waals surface area (Å²) in [4.78, 5) is 29.4. The van der Waals surface area contributed by atoms with Crippen LogP contribution in [0, 0.1) is 0 Å². The van der Waals surface area contributed by atoms with Gasteiger partial charge in [0.25, 0.3) is 0 Å². The zero-order chi connectivity index (χ0) is 21.2. The van der Waals surface area contributed by atoms with Crippen molar-refractivity contribution in [2.45, 2.75) is 38.3 Å². The Hall–Kier alpha value is -1.20. The van der Waals surface area contributed by atoms with Crippen molar-refractivity contribution < 1.29 is 22.7 Å². The summed E-state index contributed by atoms with van der Waals surface area (Å²) < 4.78 is 33.5. The molecule has 3 rings (SSSR count). The van der Waals surface area contributed by atoms with Crippen LogP contribution in [0.15, 0.2) is 12.1 Å². The van der Waals surface area contributed by atoms with Gasteiger partial charge in [0.1, 0.15) is 12.1 Å². The maximum Gasteiger partial charge on any atom is 0.245 e. The normalized spacial score (nSPS) is 22.7. The zero-order valence-corrected chi connectivity index (χ0v) is 18.9. The predicted molar refractivity (Wildman–Crippen MR) is 112 cm³/mol. The Kier molecular flexibility index (Phi) is 7.21. The largest absolute Gasteiger partial charge is 0.378 e. The summed E-state index contributed by atoms with van der Waals surface area (Å²) in [5, 5.41) is 0. The molecule has 2 saturated heterocycles. The number of morpholine rings is 1. The van der Waals surface area contributed by atoms with Gasteiger partial charge in [-0.25, -0.2) is 13.1 Å². The lowest BCUT2D eigenvalue weighted by Gasteiger charge is -2.32. The number of nitrogens with zero attached hydrogens (tertiary/aromatic N) is 2. The van der Waals surface area contributed by atoms with E-state index in [9.17, 15) is 18.0 Å². The number of hydrogen-bond donors (Lipinski definition) is 1. The highest BCUT2D eigenvalue weighted by molar-refractivity contribution is 7.89. The van der Waals surface area contributed by atoms with E-state index in [0.717, 1.165) is 4.88 Å². The molecule has 1 aromatic heterocycles. The van der Waals surface area contributed by atoms with Crippen LogP contribution >= 0.6 is 22.9 Å². The number of nitrogens with one attached hydrogen (secondary N) is 1. The molecule has 29 heavy (non-hydrogen) atoms. The van der Waals surface area contributed by atoms with Gasteiger partial charge < -0.3 is 14.5 Å². The second-order valence-electron chi connectivity index (χ2n) is 7.43. The molecule has 0 radical (unpaired) electrons. The molecule has 2 amide bonds. The molecule has 0 saturated carbocycles. The van der Waals surface area contributed by atoms with E-state index >= 15 is 0 Å². The average molecular weight is 464 g/mol. The van der Waals surface area contributed by atoms with E-state index in [-0.39, 0.29) is 23.5 Å². The van der Waals surface area contributed by atoms with Gasteiger partial charge in [-0.3, -0.25) is 9.59 Å². The molecule has 0 aliphatic carbocycles. The third-order valence-corrected chi connectivity index (χ3v) is 8.30. The summed E-state index contributed by atoms with van der Waals surface area (Å²) in [6, 6.07) is 2.10. The molecule has 8 nitrogen and oxygen atoms in total. The molecule has 1 N–H and O–H groups in total. The van der Waals surface area contributed by atoms with Crippen molar-refractivity contribution in [3.05, 3.63) is 21.3 Å². The first-order valence-corrected chi connectivity index (χ1v) is 12.4. The quantitative estimate of drug-likeness (QED) is 0.657. The standard InChI is InChI=1S/C18H26ClN3O5S2/c1-12(15-3-4-16(19)28-15)11-29(25,26)20-14-5-6-22(18(14)24)13(2)17(23)21-7-9-27-10-8-21/h3-4,12-14,20H,5-11H2,1-2H3/t12-,13-,14-/m0/s1. The summed E-state index contributed by atoms with van der Waals surface area (Å²) in [5.41, 5.74) is 0. The van der Waals surface area contributed by atoms with Gasteiger partial charge in [0.15, 0.2) is 0 Å². The monoisotopic (exact) mass is 463 g/mol. The molecule has 3 atom stereocenters. The van der Waals surface area contributed by atoms with Crippen molar-refractivity contribution >= 4 is 44.8 Å². The molecule has 0 unspecified atom stereocenters. The summed E-state index contributed by atoms with van der Waals surface area (Å²) >= 11 is 7.27. The molecular formula is C18H26ClN3O5S2. The van der Waals surface area contributed by atoms with Gasteiger partial charge in [-0.1, -0.05) is 18.5 Å². The molecule has 162 valence electrons. The average Bonchev–Trinajstić information content (AvgIpc) is 3.27. The first-order valence-electron chi connectivity index (χ1n) is 9.60. The fourth-order valence-corrected chi connectivity index (χ4v) is 6.45. The minimum Gasteiger partial charge on any atom is -0.378 e. The molecule has 1 aromatic rings. The fourth-order valence-electron chi connectivity index (χ4n) is 3.65. The van der Waals surface area contributed by atoms with Crippen LogP contribution in [0.25, 0.3) is 0 Å². The lowest BCUT2D eigenvalue weighted by atomic mass is 10.2. The van der Waals surface area contributed by atoms with E-state index in [1.54, 1.807) is 17.9 Å². The summed E-state index contributed by atoms with van der Waals surface area (Å²) in [6.07, 6.45) is 0.345. The van der Waals surface area contributed by atoms with Crippen molar-refractivity contribution in [3.8, 4) is 0 Å². The van der Waals surface area contributed by atoms with E-state index in [1.165, 1.54) is 16.2 Å². The molecule has 2 fully saturated rings. The number of thiophene rings is 1. The van der Waals surface area contributed by atoms with E-state index in [1.807, 2.05) is 13.0 Å². The SMILES string of the molecule is C[C@@H](CS(=O)(=O)N[C@H]1CCN([C@@H](C)C(=O)N2CCOCC2)C1=O)c1ccc(Cl)s1. The van der Waals surface area contributed by atoms with Gasteiger partial charge >= 0.3 is 0 Å². The van der Waals surface area contributed by atoms with E-state index in [0.29, 0.717) is 43.6 Å². The van der Waals surface area contributed by atoms with Crippen molar-refractivity contribution in [1.29, 1.82) is 0 Å². The van der Waals surface area contributed by atoms with E-state index < -0.39 is 22.1 Å². The van der Waals surface area contributed by atoms with Gasteiger partial charge in [-0.05, 0) is 25.5 Å². The van der Waals surface area contributed by atoms with Gasteiger partial charge in [0, 0.05) is 30.4 Å². The molecule has 2 aliphatic heterocycles. The summed E-state index contributed by atoms with van der Waals surface area (Å²) in [5.74, 6) is -0.849. The van der Waals surface area contributed by atoms with Gasteiger partial charge in [-0.15, -0.1) is 11.3 Å². The molecule has 2 aliphatic rings. The highest BCUT2D eigenvalue weighted by atomic mass is 35.5. The zero-order valence-electron chi connectivity index (χ0n) is 16.5. The molecule has 0 spiro atoms. The van der Waals surface area contributed by atoms with Crippen LogP contribution in [0.5, 0.6) is 0 Å². The number of amides is 2. The van der Waals surface area contributed by atoms with Crippen molar-refractivity contribution in [2.24, 2.45) is 0 Å². The minimum atomic E-state index is -3.67. The first kappa shape index (κ1) is 22.5. The van der Waals surface area contributed by atoms with Gasteiger partial charge in [-0.2, -0.15) is 0 Å². The minimum absolute atomic E-state index is 0.129. The van der Waals surface area contributed by atoms with Crippen LogP contribution in [0.4, 0.5) is 0 Å². The molecule has 0 aromatic carbocycles. The Bertz CT molecular complexity index is 853. The summed E-state index contributed by atoms with van der Waals surface area (Å²) in [6.45, 7) is 5.84. The number of carbonyl (C=O) groups excluding carboxylic acids is 2. The second kappa shape index (κ2) is 9.30. The van der Waals surface area contributed by atoms with Crippen LogP contribution in [-0.4, -0.2) is 80.7 Å². The maximum atomic E-state index is 12.8. The Morgan fingerprint density at radius 3 is 2.62 bits per heavy atom. The number of ether oxygens (including phenoxy) is 1. The van der Waals surface area contributed by atoms with Crippen molar-refractivity contribution in [3.63, 3.8) is 0 Å². The highest BCUT2D eigenvalue weighted by Crippen LogP contribution is 2.29. The van der Waals surface area contributed by atoms with Crippen molar-refractivity contribution in [2.75, 3.05) is 38.6 Å². The Morgan fingerprint density at radius 2 is 2.00 bits per heavy atom.